The molecule has 0 spiro atoms. The van der Waals surface area contributed by atoms with Gasteiger partial charge in [0.05, 0.1) is 29.0 Å². The summed E-state index contributed by atoms with van der Waals surface area (Å²) in [5, 5.41) is 0. The maximum absolute atomic E-state index is 14.9. The number of imide groups is 1. The Hall–Kier alpha value is -3.66. The number of halogens is 1. The SMILES string of the molecule is C#CCN1C(=O)COc2cc(F)c(N3C(=O)c4ccc(C(C)(C)C)cc4C3=O)cc21. The number of nitrogens with zero attached hydrogens (tertiary/aromatic N) is 2. The van der Waals surface area contributed by atoms with Crippen LogP contribution in [0, 0.1) is 18.2 Å². The molecule has 2 aliphatic heterocycles. The van der Waals surface area contributed by atoms with Crippen molar-refractivity contribution in [2.45, 2.75) is 26.2 Å². The second-order valence-electron chi connectivity index (χ2n) is 8.20. The standard InChI is InChI=1S/C23H19FN2O4/c1-5-8-25-18-11-17(16(24)10-19(18)30-12-20(25)27)26-21(28)14-7-6-13(23(2,3)4)9-15(14)22(26)29/h1,6-7,9-11H,8,12H2,2-4H3. The Kier molecular flexibility index (Phi) is 4.39. The second kappa shape index (κ2) is 6.70. The maximum atomic E-state index is 14.9. The van der Waals surface area contributed by atoms with Crippen LogP contribution in [0.5, 0.6) is 5.75 Å². The smallest absolute Gasteiger partial charge is 0.266 e. The van der Waals surface area contributed by atoms with Crippen LogP contribution < -0.4 is 14.5 Å². The van der Waals surface area contributed by atoms with Gasteiger partial charge in [-0.25, -0.2) is 9.29 Å². The molecule has 0 saturated heterocycles. The van der Waals surface area contributed by atoms with Gasteiger partial charge in [-0.1, -0.05) is 32.8 Å². The van der Waals surface area contributed by atoms with Crippen molar-refractivity contribution in [2.24, 2.45) is 0 Å². The van der Waals surface area contributed by atoms with Crippen LogP contribution in [-0.4, -0.2) is 30.9 Å². The summed E-state index contributed by atoms with van der Waals surface area (Å²) in [6, 6.07) is 7.36. The van der Waals surface area contributed by atoms with Crippen molar-refractivity contribution in [3.8, 4) is 18.1 Å². The molecule has 4 rings (SSSR count). The van der Waals surface area contributed by atoms with Gasteiger partial charge in [-0.2, -0.15) is 0 Å². The number of benzene rings is 2. The summed E-state index contributed by atoms with van der Waals surface area (Å²) in [7, 11) is 0. The van der Waals surface area contributed by atoms with Gasteiger partial charge in [0, 0.05) is 6.07 Å². The van der Waals surface area contributed by atoms with Crippen molar-refractivity contribution in [1.29, 1.82) is 0 Å². The molecule has 0 aliphatic carbocycles. The number of ether oxygens (including phenoxy) is 1. The van der Waals surface area contributed by atoms with Crippen LogP contribution in [0.25, 0.3) is 0 Å². The van der Waals surface area contributed by atoms with Crippen molar-refractivity contribution in [3.05, 3.63) is 52.8 Å². The van der Waals surface area contributed by atoms with Crippen LogP contribution in [0.4, 0.5) is 15.8 Å². The average molecular weight is 406 g/mol. The molecule has 30 heavy (non-hydrogen) atoms. The summed E-state index contributed by atoms with van der Waals surface area (Å²) >= 11 is 0. The number of fused-ring (bicyclic) bond motifs is 2. The van der Waals surface area contributed by atoms with E-state index in [1.54, 1.807) is 18.2 Å². The number of carbonyl (C=O) groups excluding carboxylic acids is 3. The number of amides is 3. The summed E-state index contributed by atoms with van der Waals surface area (Å²) in [5.74, 6) is 0.0482. The minimum Gasteiger partial charge on any atom is -0.481 e. The van der Waals surface area contributed by atoms with Crippen molar-refractivity contribution in [3.63, 3.8) is 0 Å². The molecule has 0 fully saturated rings. The summed E-state index contributed by atoms with van der Waals surface area (Å²) in [5.41, 5.74) is 1.05. The van der Waals surface area contributed by atoms with E-state index in [2.05, 4.69) is 5.92 Å². The highest BCUT2D eigenvalue weighted by Gasteiger charge is 2.40. The normalized spacial score (nSPS) is 15.6. The quantitative estimate of drug-likeness (QED) is 0.567. The number of hydrogen-bond donors (Lipinski definition) is 0. The fourth-order valence-electron chi connectivity index (χ4n) is 3.57. The van der Waals surface area contributed by atoms with Crippen LogP contribution in [0.3, 0.4) is 0 Å². The Morgan fingerprint density at radius 1 is 1.07 bits per heavy atom. The summed E-state index contributed by atoms with van der Waals surface area (Å²) in [6.07, 6.45) is 5.34. The molecule has 2 heterocycles. The molecule has 0 unspecified atom stereocenters. The van der Waals surface area contributed by atoms with Crippen LogP contribution in [0.1, 0.15) is 47.1 Å². The van der Waals surface area contributed by atoms with Gasteiger partial charge < -0.3 is 4.74 Å². The molecule has 0 radical (unpaired) electrons. The lowest BCUT2D eigenvalue weighted by Crippen LogP contribution is -2.39. The van der Waals surface area contributed by atoms with Gasteiger partial charge in [-0.15, -0.1) is 6.42 Å². The minimum atomic E-state index is -0.811. The first-order valence-corrected chi connectivity index (χ1v) is 9.37. The molecular formula is C23H19FN2O4. The third kappa shape index (κ3) is 2.92. The molecule has 0 saturated carbocycles. The number of terminal acetylenes is 1. The van der Waals surface area contributed by atoms with Crippen LogP contribution in [0.15, 0.2) is 30.3 Å². The number of rotatable bonds is 2. The molecule has 0 bridgehead atoms. The molecule has 6 nitrogen and oxygen atoms in total. The van der Waals surface area contributed by atoms with E-state index >= 15 is 0 Å². The summed E-state index contributed by atoms with van der Waals surface area (Å²) in [6.45, 7) is 5.67. The largest absolute Gasteiger partial charge is 0.481 e. The van der Waals surface area contributed by atoms with E-state index in [9.17, 15) is 18.8 Å². The molecule has 152 valence electrons. The number of carbonyl (C=O) groups is 3. The molecule has 0 atom stereocenters. The van der Waals surface area contributed by atoms with E-state index in [0.29, 0.717) is 0 Å². The van der Waals surface area contributed by atoms with E-state index in [1.807, 2.05) is 20.8 Å². The first-order chi connectivity index (χ1) is 14.1. The molecule has 2 aromatic carbocycles. The second-order valence-corrected chi connectivity index (χ2v) is 8.20. The summed E-state index contributed by atoms with van der Waals surface area (Å²) in [4.78, 5) is 40.2. The Bertz CT molecular complexity index is 1160. The van der Waals surface area contributed by atoms with E-state index in [1.165, 1.54) is 11.0 Å². The van der Waals surface area contributed by atoms with Crippen molar-refractivity contribution in [2.75, 3.05) is 23.0 Å². The van der Waals surface area contributed by atoms with Crippen molar-refractivity contribution >= 4 is 29.1 Å². The molecule has 2 aromatic rings. The monoisotopic (exact) mass is 406 g/mol. The Balaban J connectivity index is 1.81. The third-order valence-corrected chi connectivity index (χ3v) is 5.21. The topological polar surface area (TPSA) is 66.9 Å². The molecule has 3 amide bonds. The van der Waals surface area contributed by atoms with Gasteiger partial charge >= 0.3 is 0 Å². The fourth-order valence-corrected chi connectivity index (χ4v) is 3.57. The van der Waals surface area contributed by atoms with Gasteiger partial charge in [-0.3, -0.25) is 19.3 Å². The lowest BCUT2D eigenvalue weighted by molar-refractivity contribution is -0.121. The van der Waals surface area contributed by atoms with Crippen molar-refractivity contribution in [1.82, 2.24) is 0 Å². The summed E-state index contributed by atoms with van der Waals surface area (Å²) < 4.78 is 20.2. The molecular weight excluding hydrogens is 387 g/mol. The zero-order valence-corrected chi connectivity index (χ0v) is 16.8. The highest BCUT2D eigenvalue weighted by Crippen LogP contribution is 2.40. The van der Waals surface area contributed by atoms with Crippen LogP contribution in [0.2, 0.25) is 0 Å². The van der Waals surface area contributed by atoms with Crippen LogP contribution >= 0.6 is 0 Å². The highest BCUT2D eigenvalue weighted by molar-refractivity contribution is 6.34. The van der Waals surface area contributed by atoms with Gasteiger partial charge in [0.25, 0.3) is 17.7 Å². The fraction of sp³-hybridized carbons (Fsp3) is 0.261. The van der Waals surface area contributed by atoms with E-state index in [0.717, 1.165) is 16.5 Å². The first-order valence-electron chi connectivity index (χ1n) is 9.37. The maximum Gasteiger partial charge on any atom is 0.266 e. The zero-order valence-electron chi connectivity index (χ0n) is 16.8. The molecule has 0 aromatic heterocycles. The van der Waals surface area contributed by atoms with E-state index in [4.69, 9.17) is 11.2 Å². The van der Waals surface area contributed by atoms with Crippen molar-refractivity contribution < 1.29 is 23.5 Å². The van der Waals surface area contributed by atoms with Gasteiger partial charge in [0.1, 0.15) is 5.75 Å². The number of anilines is 2. The Morgan fingerprint density at radius 2 is 1.77 bits per heavy atom. The van der Waals surface area contributed by atoms with E-state index < -0.39 is 23.5 Å². The average Bonchev–Trinajstić information content (AvgIpc) is 2.93. The number of hydrogen-bond acceptors (Lipinski definition) is 4. The molecule has 2 aliphatic rings. The highest BCUT2D eigenvalue weighted by atomic mass is 19.1. The zero-order chi connectivity index (χ0) is 21.8. The Morgan fingerprint density at radius 3 is 2.43 bits per heavy atom. The van der Waals surface area contributed by atoms with Gasteiger partial charge in [-0.05, 0) is 29.2 Å². The first kappa shape index (κ1) is 19.6. The third-order valence-electron chi connectivity index (χ3n) is 5.21. The van der Waals surface area contributed by atoms with E-state index in [-0.39, 0.29) is 46.8 Å². The van der Waals surface area contributed by atoms with Crippen LogP contribution in [-0.2, 0) is 10.2 Å². The van der Waals surface area contributed by atoms with Gasteiger partial charge in [0.15, 0.2) is 12.4 Å². The Labute approximate surface area is 173 Å². The van der Waals surface area contributed by atoms with Gasteiger partial charge in [0.2, 0.25) is 0 Å². The minimum absolute atomic E-state index is 0.0443. The lowest BCUT2D eigenvalue weighted by atomic mass is 9.85. The lowest BCUT2D eigenvalue weighted by Gasteiger charge is -2.29. The molecule has 0 N–H and O–H groups in total. The predicted octanol–water partition coefficient (Wildman–Crippen LogP) is 3.28. The predicted molar refractivity (Wildman–Crippen MR) is 109 cm³/mol. The molecule has 7 heteroatoms.